The van der Waals surface area contributed by atoms with E-state index in [9.17, 15) is 17.6 Å². The molecule has 82 valence electrons. The van der Waals surface area contributed by atoms with E-state index in [1.165, 1.54) is 0 Å². The third kappa shape index (κ3) is 2.58. The van der Waals surface area contributed by atoms with Gasteiger partial charge in [-0.05, 0) is 12.1 Å². The van der Waals surface area contributed by atoms with Crippen LogP contribution in [0, 0.1) is 5.82 Å². The van der Waals surface area contributed by atoms with Crippen LogP contribution < -0.4 is 0 Å². The molecule has 0 amide bonds. The molecule has 8 heteroatoms. The first kappa shape index (κ1) is 12.2. The molecule has 0 radical (unpaired) electrons. The molecule has 0 saturated heterocycles. The van der Waals surface area contributed by atoms with Crippen molar-refractivity contribution in [1.29, 1.82) is 0 Å². The lowest BCUT2D eigenvalue weighted by Gasteiger charge is -2.03. The maximum Gasteiger partial charge on any atom is 0.338 e. The van der Waals surface area contributed by atoms with Crippen LogP contribution in [0.3, 0.4) is 0 Å². The lowest BCUT2D eigenvalue weighted by atomic mass is 10.2. The summed E-state index contributed by atoms with van der Waals surface area (Å²) in [7, 11) is 0.531. The lowest BCUT2D eigenvalue weighted by molar-refractivity contribution is 0.0691. The first-order valence-electron chi connectivity index (χ1n) is 3.40. The van der Waals surface area contributed by atoms with Crippen LogP contribution in [0.5, 0.6) is 0 Å². The van der Waals surface area contributed by atoms with Crippen LogP contribution >= 0.6 is 22.3 Å². The molecule has 4 nitrogen and oxygen atoms in total. The Morgan fingerprint density at radius 3 is 2.33 bits per heavy atom. The molecular weight excluding hydrogens is 270 g/mol. The van der Waals surface area contributed by atoms with Crippen LogP contribution in [0.15, 0.2) is 17.0 Å². The van der Waals surface area contributed by atoms with E-state index in [-0.39, 0.29) is 5.02 Å². The summed E-state index contributed by atoms with van der Waals surface area (Å²) in [4.78, 5) is 9.57. The highest BCUT2D eigenvalue weighted by molar-refractivity contribution is 8.13. The van der Waals surface area contributed by atoms with Gasteiger partial charge in [-0.15, -0.1) is 0 Å². The van der Waals surface area contributed by atoms with E-state index in [2.05, 4.69) is 0 Å². The highest BCUT2D eigenvalue weighted by atomic mass is 35.7. The Bertz CT molecular complexity index is 526. The molecule has 0 bridgehead atoms. The van der Waals surface area contributed by atoms with E-state index < -0.39 is 31.3 Å². The number of rotatable bonds is 2. The van der Waals surface area contributed by atoms with Crippen molar-refractivity contribution < 1.29 is 22.7 Å². The normalized spacial score (nSPS) is 11.4. The Balaban J connectivity index is 3.63. The fourth-order valence-corrected chi connectivity index (χ4v) is 2.11. The number of benzene rings is 1. The fraction of sp³-hybridized carbons (Fsp3) is 0. The fourth-order valence-electron chi connectivity index (χ4n) is 0.897. The largest absolute Gasteiger partial charge is 0.478 e. The molecule has 1 N–H and O–H groups in total. The predicted molar refractivity (Wildman–Crippen MR) is 51.4 cm³/mol. The van der Waals surface area contributed by atoms with E-state index in [4.69, 9.17) is 27.4 Å². The topological polar surface area (TPSA) is 71.4 Å². The first-order chi connectivity index (χ1) is 6.73. The molecule has 0 aliphatic rings. The van der Waals surface area contributed by atoms with Gasteiger partial charge < -0.3 is 5.11 Å². The minimum atomic E-state index is -4.36. The first-order valence-corrected chi connectivity index (χ1v) is 6.09. The quantitative estimate of drug-likeness (QED) is 0.837. The smallest absolute Gasteiger partial charge is 0.338 e. The predicted octanol–water partition coefficient (Wildman–Crippen LogP) is 2.10. The monoisotopic (exact) mass is 272 g/mol. The van der Waals surface area contributed by atoms with Crippen molar-refractivity contribution in [2.45, 2.75) is 4.90 Å². The zero-order valence-electron chi connectivity index (χ0n) is 6.87. The summed E-state index contributed by atoms with van der Waals surface area (Å²) in [6.07, 6.45) is 0. The number of hydrogen-bond donors (Lipinski definition) is 1. The minimum absolute atomic E-state index is 0.229. The second-order valence-electron chi connectivity index (χ2n) is 2.51. The number of aromatic carboxylic acids is 1. The molecular formula is C7H3Cl2FO4S. The van der Waals surface area contributed by atoms with Crippen LogP contribution in [0.2, 0.25) is 5.02 Å². The molecule has 0 aliphatic carbocycles. The molecule has 15 heavy (non-hydrogen) atoms. The molecule has 1 rings (SSSR count). The Morgan fingerprint density at radius 1 is 1.40 bits per heavy atom. The highest BCUT2D eigenvalue weighted by Crippen LogP contribution is 2.26. The average Bonchev–Trinajstić information content (AvgIpc) is 2.06. The summed E-state index contributed by atoms with van der Waals surface area (Å²) in [6, 6.07) is 1.54. The Hall–Kier alpha value is -0.850. The molecule has 0 atom stereocenters. The van der Waals surface area contributed by atoms with Crippen molar-refractivity contribution >= 4 is 37.3 Å². The van der Waals surface area contributed by atoms with Crippen LogP contribution in [-0.4, -0.2) is 19.5 Å². The van der Waals surface area contributed by atoms with Crippen molar-refractivity contribution in [2.75, 3.05) is 0 Å². The summed E-state index contributed by atoms with van der Waals surface area (Å²) in [5.74, 6) is -3.06. The second kappa shape index (κ2) is 3.96. The van der Waals surface area contributed by atoms with Crippen LogP contribution in [0.4, 0.5) is 4.39 Å². The van der Waals surface area contributed by atoms with E-state index in [0.717, 1.165) is 12.1 Å². The van der Waals surface area contributed by atoms with Gasteiger partial charge in [0.2, 0.25) is 0 Å². The van der Waals surface area contributed by atoms with Crippen molar-refractivity contribution in [3.8, 4) is 0 Å². The second-order valence-corrected chi connectivity index (χ2v) is 5.48. The van der Waals surface area contributed by atoms with Crippen molar-refractivity contribution in [3.05, 3.63) is 28.5 Å². The summed E-state index contributed by atoms with van der Waals surface area (Å²) < 4.78 is 35.0. The molecule has 1 aromatic rings. The van der Waals surface area contributed by atoms with Gasteiger partial charge in [-0.3, -0.25) is 0 Å². The SMILES string of the molecule is O=C(O)c1cc(Cl)cc(S(=O)(=O)Cl)c1F. The maximum absolute atomic E-state index is 13.3. The molecule has 0 unspecified atom stereocenters. The van der Waals surface area contributed by atoms with Gasteiger partial charge in [-0.25, -0.2) is 17.6 Å². The average molecular weight is 273 g/mol. The van der Waals surface area contributed by atoms with E-state index >= 15 is 0 Å². The van der Waals surface area contributed by atoms with Gasteiger partial charge in [0.25, 0.3) is 9.05 Å². The zero-order chi connectivity index (χ0) is 11.8. The molecule has 0 aromatic heterocycles. The van der Waals surface area contributed by atoms with E-state index in [0.29, 0.717) is 0 Å². The van der Waals surface area contributed by atoms with Crippen molar-refractivity contribution in [1.82, 2.24) is 0 Å². The van der Waals surface area contributed by atoms with Gasteiger partial charge >= 0.3 is 5.97 Å². The Kier molecular flexibility index (Phi) is 3.22. The summed E-state index contributed by atoms with van der Waals surface area (Å²) in [5, 5.41) is 8.32. The zero-order valence-corrected chi connectivity index (χ0v) is 9.20. The number of carboxylic acid groups (broad SMARTS) is 1. The third-order valence-electron chi connectivity index (χ3n) is 1.50. The van der Waals surface area contributed by atoms with Gasteiger partial charge in [0.05, 0.1) is 5.56 Å². The van der Waals surface area contributed by atoms with Gasteiger partial charge in [0.15, 0.2) is 5.82 Å². The van der Waals surface area contributed by atoms with E-state index in [1.54, 1.807) is 0 Å². The molecule has 0 heterocycles. The van der Waals surface area contributed by atoms with Crippen molar-refractivity contribution in [3.63, 3.8) is 0 Å². The molecule has 0 spiro atoms. The summed E-state index contributed by atoms with van der Waals surface area (Å²) in [5.41, 5.74) is -0.846. The minimum Gasteiger partial charge on any atom is -0.478 e. The van der Waals surface area contributed by atoms with Gasteiger partial charge in [-0.2, -0.15) is 0 Å². The van der Waals surface area contributed by atoms with Gasteiger partial charge in [0, 0.05) is 15.7 Å². The number of carbonyl (C=O) groups is 1. The molecule has 0 aliphatic heterocycles. The van der Waals surface area contributed by atoms with Crippen LogP contribution in [-0.2, 0) is 9.05 Å². The van der Waals surface area contributed by atoms with Gasteiger partial charge in [0.1, 0.15) is 4.90 Å². The maximum atomic E-state index is 13.3. The highest BCUT2D eigenvalue weighted by Gasteiger charge is 2.23. The molecule has 0 saturated carbocycles. The van der Waals surface area contributed by atoms with Crippen LogP contribution in [0.1, 0.15) is 10.4 Å². The summed E-state index contributed by atoms with van der Waals surface area (Å²) >= 11 is 5.42. The Morgan fingerprint density at radius 2 is 1.93 bits per heavy atom. The molecule has 1 aromatic carbocycles. The number of hydrogen-bond acceptors (Lipinski definition) is 3. The van der Waals surface area contributed by atoms with Crippen molar-refractivity contribution in [2.24, 2.45) is 0 Å². The summed E-state index contributed by atoms with van der Waals surface area (Å²) in [6.45, 7) is 0. The Labute approximate surface area is 93.7 Å². The van der Waals surface area contributed by atoms with Gasteiger partial charge in [-0.1, -0.05) is 11.6 Å². The lowest BCUT2D eigenvalue weighted by Crippen LogP contribution is -2.05. The van der Waals surface area contributed by atoms with Crippen LogP contribution in [0.25, 0.3) is 0 Å². The third-order valence-corrected chi connectivity index (χ3v) is 3.04. The number of carboxylic acids is 1. The standard InChI is InChI=1S/C7H3Cl2FO4S/c8-3-1-4(7(11)12)6(10)5(2-3)15(9,13)14/h1-2H,(H,11,12). The number of halogens is 3. The molecule has 0 fully saturated rings. The van der Waals surface area contributed by atoms with E-state index in [1.807, 2.05) is 0 Å².